The predicted molar refractivity (Wildman–Crippen MR) is 92.0 cm³/mol. The molecule has 0 aliphatic carbocycles. The first-order valence-corrected chi connectivity index (χ1v) is 8.37. The van der Waals surface area contributed by atoms with Crippen LogP contribution in [0.4, 0.5) is 17.1 Å². The van der Waals surface area contributed by atoms with Crippen molar-refractivity contribution >= 4 is 33.0 Å². The van der Waals surface area contributed by atoms with Gasteiger partial charge in [0.1, 0.15) is 0 Å². The molecule has 2 aromatic rings. The maximum atomic E-state index is 12.8. The minimum atomic E-state index is -3.78. The summed E-state index contributed by atoms with van der Waals surface area (Å²) in [5, 5.41) is 0. The first-order chi connectivity index (χ1) is 10.7. The van der Waals surface area contributed by atoms with Crippen molar-refractivity contribution in [2.45, 2.75) is 11.8 Å². The van der Waals surface area contributed by atoms with Gasteiger partial charge in [0.25, 0.3) is 10.0 Å². The molecule has 7 heteroatoms. The van der Waals surface area contributed by atoms with Crippen molar-refractivity contribution in [1.82, 2.24) is 0 Å². The molecule has 0 saturated heterocycles. The summed E-state index contributed by atoms with van der Waals surface area (Å²) in [5.41, 5.74) is 6.96. The van der Waals surface area contributed by atoms with E-state index in [-0.39, 0.29) is 10.8 Å². The first kappa shape index (κ1) is 16.8. The second-order valence-electron chi connectivity index (χ2n) is 5.11. The number of amides is 1. The van der Waals surface area contributed by atoms with Crippen LogP contribution in [0.5, 0.6) is 0 Å². The highest BCUT2D eigenvalue weighted by Crippen LogP contribution is 2.31. The highest BCUT2D eigenvalue weighted by Gasteiger charge is 2.24. The standard InChI is InChI=1S/C16H19N3O3S/c1-12(20)18(2)15-9-4-5-10-16(15)19(3)23(21,22)14-8-6-7-13(17)11-14/h4-11H,17H2,1-3H3. The first-order valence-electron chi connectivity index (χ1n) is 6.93. The van der Waals surface area contributed by atoms with Gasteiger partial charge in [-0.15, -0.1) is 0 Å². The zero-order valence-electron chi connectivity index (χ0n) is 13.2. The Morgan fingerprint density at radius 2 is 1.61 bits per heavy atom. The highest BCUT2D eigenvalue weighted by molar-refractivity contribution is 7.92. The lowest BCUT2D eigenvalue weighted by Gasteiger charge is -2.26. The number of nitrogen functional groups attached to an aromatic ring is 1. The zero-order valence-corrected chi connectivity index (χ0v) is 14.0. The third kappa shape index (κ3) is 3.29. The number of para-hydroxylation sites is 2. The molecule has 0 unspecified atom stereocenters. The summed E-state index contributed by atoms with van der Waals surface area (Å²) in [6.07, 6.45) is 0. The minimum absolute atomic E-state index is 0.0975. The van der Waals surface area contributed by atoms with Gasteiger partial charge in [-0.25, -0.2) is 8.42 Å². The van der Waals surface area contributed by atoms with Crippen LogP contribution in [-0.2, 0) is 14.8 Å². The van der Waals surface area contributed by atoms with Crippen LogP contribution in [0, 0.1) is 0 Å². The van der Waals surface area contributed by atoms with E-state index in [0.29, 0.717) is 17.1 Å². The van der Waals surface area contributed by atoms with Crippen molar-refractivity contribution < 1.29 is 13.2 Å². The smallest absolute Gasteiger partial charge is 0.264 e. The van der Waals surface area contributed by atoms with Crippen molar-refractivity contribution in [2.24, 2.45) is 0 Å². The van der Waals surface area contributed by atoms with Gasteiger partial charge in [-0.05, 0) is 30.3 Å². The van der Waals surface area contributed by atoms with Crippen molar-refractivity contribution in [2.75, 3.05) is 29.0 Å². The van der Waals surface area contributed by atoms with E-state index in [1.165, 1.54) is 31.0 Å². The van der Waals surface area contributed by atoms with E-state index in [4.69, 9.17) is 5.73 Å². The second kappa shape index (κ2) is 6.29. The molecule has 2 N–H and O–H groups in total. The highest BCUT2D eigenvalue weighted by atomic mass is 32.2. The third-order valence-corrected chi connectivity index (χ3v) is 5.34. The van der Waals surface area contributed by atoms with Crippen LogP contribution in [0.15, 0.2) is 53.4 Å². The average molecular weight is 333 g/mol. The van der Waals surface area contributed by atoms with Gasteiger partial charge in [0, 0.05) is 26.7 Å². The summed E-state index contributed by atoms with van der Waals surface area (Å²) in [5.74, 6) is -0.188. The monoisotopic (exact) mass is 333 g/mol. The molecule has 2 aromatic carbocycles. The lowest BCUT2D eigenvalue weighted by molar-refractivity contribution is -0.116. The summed E-state index contributed by atoms with van der Waals surface area (Å²) in [4.78, 5) is 13.1. The number of hydrogen-bond acceptors (Lipinski definition) is 4. The van der Waals surface area contributed by atoms with Gasteiger partial charge >= 0.3 is 0 Å². The molecule has 23 heavy (non-hydrogen) atoms. The topological polar surface area (TPSA) is 83.7 Å². The summed E-state index contributed by atoms with van der Waals surface area (Å²) < 4.78 is 26.7. The van der Waals surface area contributed by atoms with Crippen molar-refractivity contribution in [3.63, 3.8) is 0 Å². The van der Waals surface area contributed by atoms with Gasteiger partial charge in [0.2, 0.25) is 5.91 Å². The van der Waals surface area contributed by atoms with E-state index >= 15 is 0 Å². The molecule has 1 amide bonds. The number of carbonyl (C=O) groups excluding carboxylic acids is 1. The molecular formula is C16H19N3O3S. The maximum absolute atomic E-state index is 12.8. The van der Waals surface area contributed by atoms with Crippen LogP contribution >= 0.6 is 0 Å². The number of anilines is 3. The van der Waals surface area contributed by atoms with E-state index in [2.05, 4.69) is 0 Å². The van der Waals surface area contributed by atoms with Crippen LogP contribution in [0.3, 0.4) is 0 Å². The number of carbonyl (C=O) groups is 1. The molecular weight excluding hydrogens is 314 g/mol. The average Bonchev–Trinajstić information content (AvgIpc) is 2.53. The normalized spacial score (nSPS) is 11.1. The molecule has 0 bridgehead atoms. The lowest BCUT2D eigenvalue weighted by Crippen LogP contribution is -2.30. The third-order valence-electron chi connectivity index (χ3n) is 3.57. The number of rotatable bonds is 4. The Balaban J connectivity index is 2.53. The molecule has 0 saturated carbocycles. The quantitative estimate of drug-likeness (QED) is 0.868. The molecule has 2 rings (SSSR count). The van der Waals surface area contributed by atoms with Gasteiger partial charge in [-0.3, -0.25) is 9.10 Å². The molecule has 0 spiro atoms. The fraction of sp³-hybridized carbons (Fsp3) is 0.188. The van der Waals surface area contributed by atoms with Gasteiger partial charge in [0.05, 0.1) is 16.3 Å². The van der Waals surface area contributed by atoms with E-state index < -0.39 is 10.0 Å². The lowest BCUT2D eigenvalue weighted by atomic mass is 10.2. The number of hydrogen-bond donors (Lipinski definition) is 1. The number of nitrogens with two attached hydrogens (primary N) is 1. The van der Waals surface area contributed by atoms with E-state index in [1.54, 1.807) is 43.4 Å². The Morgan fingerprint density at radius 3 is 2.17 bits per heavy atom. The van der Waals surface area contributed by atoms with Crippen LogP contribution in [-0.4, -0.2) is 28.4 Å². The predicted octanol–water partition coefficient (Wildman–Crippen LogP) is 2.08. The van der Waals surface area contributed by atoms with Crippen LogP contribution < -0.4 is 14.9 Å². The largest absolute Gasteiger partial charge is 0.399 e. The molecule has 0 aliphatic heterocycles. The van der Waals surface area contributed by atoms with Crippen LogP contribution in [0.1, 0.15) is 6.92 Å². The molecule has 0 aliphatic rings. The molecule has 0 aromatic heterocycles. The zero-order chi connectivity index (χ0) is 17.2. The van der Waals surface area contributed by atoms with Gasteiger partial charge in [0.15, 0.2) is 0 Å². The Labute approximate surface area is 136 Å². The summed E-state index contributed by atoms with van der Waals surface area (Å²) in [6.45, 7) is 1.42. The van der Waals surface area contributed by atoms with Crippen molar-refractivity contribution in [3.05, 3.63) is 48.5 Å². The summed E-state index contributed by atoms with van der Waals surface area (Å²) >= 11 is 0. The fourth-order valence-electron chi connectivity index (χ4n) is 2.15. The Kier molecular flexibility index (Phi) is 4.60. The van der Waals surface area contributed by atoms with Crippen molar-refractivity contribution in [3.8, 4) is 0 Å². The fourth-order valence-corrected chi connectivity index (χ4v) is 3.41. The molecule has 0 radical (unpaired) electrons. The molecule has 0 fully saturated rings. The molecule has 0 heterocycles. The van der Waals surface area contributed by atoms with Gasteiger partial charge < -0.3 is 10.6 Å². The Morgan fingerprint density at radius 1 is 1.00 bits per heavy atom. The number of benzene rings is 2. The van der Waals surface area contributed by atoms with E-state index in [0.717, 1.165) is 4.31 Å². The maximum Gasteiger partial charge on any atom is 0.264 e. The SMILES string of the molecule is CC(=O)N(C)c1ccccc1N(C)S(=O)(=O)c1cccc(N)c1. The van der Waals surface area contributed by atoms with E-state index in [1.807, 2.05) is 0 Å². The molecule has 6 nitrogen and oxygen atoms in total. The molecule has 0 atom stereocenters. The van der Waals surface area contributed by atoms with Crippen molar-refractivity contribution in [1.29, 1.82) is 0 Å². The number of sulfonamides is 1. The van der Waals surface area contributed by atoms with Gasteiger partial charge in [-0.2, -0.15) is 0 Å². The van der Waals surface area contributed by atoms with Gasteiger partial charge in [-0.1, -0.05) is 18.2 Å². The van der Waals surface area contributed by atoms with Crippen LogP contribution in [0.25, 0.3) is 0 Å². The Bertz CT molecular complexity index is 834. The minimum Gasteiger partial charge on any atom is -0.399 e. The summed E-state index contributed by atoms with van der Waals surface area (Å²) in [7, 11) is -0.732. The second-order valence-corrected chi connectivity index (χ2v) is 7.08. The van der Waals surface area contributed by atoms with E-state index in [9.17, 15) is 13.2 Å². The summed E-state index contributed by atoms with van der Waals surface area (Å²) in [6, 6.07) is 12.9. The Hall–Kier alpha value is -2.54. The number of nitrogens with zero attached hydrogens (tertiary/aromatic N) is 2. The molecule has 122 valence electrons. The van der Waals surface area contributed by atoms with Crippen LogP contribution in [0.2, 0.25) is 0 Å².